The number of carbonyl (C=O) groups excluding carboxylic acids is 1. The van der Waals surface area contributed by atoms with Crippen LogP contribution in [0.4, 0.5) is 15.1 Å². The lowest BCUT2D eigenvalue weighted by atomic mass is 9.94. The van der Waals surface area contributed by atoms with E-state index in [1.807, 2.05) is 18.2 Å². The Kier molecular flexibility index (Phi) is 7.47. The number of hydrogen-bond acceptors (Lipinski definition) is 6. The smallest absolute Gasteiger partial charge is 0.413 e. The Morgan fingerprint density at radius 3 is 2.73 bits per heavy atom. The summed E-state index contributed by atoms with van der Waals surface area (Å²) in [5.41, 5.74) is 3.66. The third kappa shape index (κ3) is 5.97. The monoisotopic (exact) mass is 554 g/mol. The summed E-state index contributed by atoms with van der Waals surface area (Å²) in [5, 5.41) is 10.8. The van der Waals surface area contributed by atoms with Gasteiger partial charge < -0.3 is 14.6 Å². The number of hydrogen-bond donors (Lipinski definition) is 3. The lowest BCUT2D eigenvalue weighted by Gasteiger charge is -2.28. The molecule has 1 fully saturated rings. The molecule has 0 spiro atoms. The van der Waals surface area contributed by atoms with Crippen LogP contribution < -0.4 is 10.9 Å². The van der Waals surface area contributed by atoms with Gasteiger partial charge in [0.05, 0.1) is 28.7 Å². The fraction of sp³-hybridized carbons (Fsp3) is 0.290. The zero-order valence-corrected chi connectivity index (χ0v) is 22.7. The number of rotatable bonds is 7. The van der Waals surface area contributed by atoms with Crippen LogP contribution in [0.5, 0.6) is 0 Å². The van der Waals surface area contributed by atoms with Crippen LogP contribution in [0.25, 0.3) is 32.9 Å². The average molecular weight is 555 g/mol. The van der Waals surface area contributed by atoms with E-state index >= 15 is 0 Å². The second kappa shape index (κ2) is 11.5. The Balaban J connectivity index is 1.15. The standard InChI is InChI=1S/C31H31FN6O3/c1-38-13-10-19(11-14-38)12-15-41-31(40)35-30-33-26-9-7-21(18-28(26)34-30)24-16-20(6-8-25(24)32)17-27-22-4-2-3-5-23(22)29(39)37-36-27/h2-9,16,18-19H,10-15,17H2,1H3,(H,37,39)(H2,33,34,35,40). The lowest BCUT2D eigenvalue weighted by Crippen LogP contribution is -2.30. The van der Waals surface area contributed by atoms with Crippen LogP contribution in [0.15, 0.2) is 65.5 Å². The van der Waals surface area contributed by atoms with Gasteiger partial charge in [0.2, 0.25) is 5.95 Å². The maximum Gasteiger partial charge on any atom is 0.413 e. The van der Waals surface area contributed by atoms with Gasteiger partial charge in [0.15, 0.2) is 0 Å². The molecule has 0 atom stereocenters. The van der Waals surface area contributed by atoms with Crippen molar-refractivity contribution in [3.05, 3.63) is 88.1 Å². The molecule has 3 aromatic carbocycles. The molecule has 0 bridgehead atoms. The number of carbonyl (C=O) groups is 1. The molecule has 2 aromatic heterocycles. The van der Waals surface area contributed by atoms with E-state index in [2.05, 4.69) is 37.4 Å². The van der Waals surface area contributed by atoms with Gasteiger partial charge >= 0.3 is 6.09 Å². The number of imidazole rings is 1. The summed E-state index contributed by atoms with van der Waals surface area (Å²) >= 11 is 0. The Morgan fingerprint density at radius 1 is 1.10 bits per heavy atom. The Hall–Kier alpha value is -4.57. The van der Waals surface area contributed by atoms with Gasteiger partial charge in [0.1, 0.15) is 5.82 Å². The van der Waals surface area contributed by atoms with E-state index in [-0.39, 0.29) is 17.3 Å². The minimum absolute atomic E-state index is 0.244. The average Bonchev–Trinajstić information content (AvgIpc) is 3.38. The molecule has 0 saturated carbocycles. The SMILES string of the molecule is CN1CCC(CCOC(=O)Nc2nc3cc(-c4cc(Cc5n[nH]c(=O)c6ccccc56)ccc4F)ccc3[nH]2)CC1. The van der Waals surface area contributed by atoms with Crippen molar-refractivity contribution in [1.29, 1.82) is 0 Å². The summed E-state index contributed by atoms with van der Waals surface area (Å²) < 4.78 is 20.4. The van der Waals surface area contributed by atoms with E-state index in [0.717, 1.165) is 43.3 Å². The van der Waals surface area contributed by atoms with Crippen LogP contribution in [0.2, 0.25) is 0 Å². The number of benzene rings is 3. The van der Waals surface area contributed by atoms with Crippen LogP contribution >= 0.6 is 0 Å². The van der Waals surface area contributed by atoms with Crippen LogP contribution in [0, 0.1) is 11.7 Å². The quantitative estimate of drug-likeness (QED) is 0.246. The number of aromatic nitrogens is 4. The van der Waals surface area contributed by atoms with Crippen molar-refractivity contribution in [2.45, 2.75) is 25.7 Å². The van der Waals surface area contributed by atoms with Crippen molar-refractivity contribution in [2.24, 2.45) is 5.92 Å². The number of nitrogens with one attached hydrogen (secondary N) is 3. The van der Waals surface area contributed by atoms with Gasteiger partial charge in [-0.15, -0.1) is 0 Å². The summed E-state index contributed by atoms with van der Waals surface area (Å²) in [6.45, 7) is 2.52. The van der Waals surface area contributed by atoms with Crippen LogP contribution in [0.3, 0.4) is 0 Å². The molecule has 9 nitrogen and oxygen atoms in total. The molecular weight excluding hydrogens is 523 g/mol. The Labute approximate surface area is 235 Å². The van der Waals surface area contributed by atoms with Crippen molar-refractivity contribution in [3.63, 3.8) is 0 Å². The first kappa shape index (κ1) is 26.6. The maximum absolute atomic E-state index is 15.0. The molecule has 0 unspecified atom stereocenters. The molecular formula is C31H31FN6O3. The number of nitrogens with zero attached hydrogens (tertiary/aromatic N) is 3. The lowest BCUT2D eigenvalue weighted by molar-refractivity contribution is 0.139. The van der Waals surface area contributed by atoms with Gasteiger partial charge in [-0.25, -0.2) is 19.3 Å². The van der Waals surface area contributed by atoms with Crippen molar-refractivity contribution in [2.75, 3.05) is 32.1 Å². The molecule has 1 amide bonds. The number of likely N-dealkylation sites (tertiary alicyclic amines) is 1. The van der Waals surface area contributed by atoms with Gasteiger partial charge in [0.25, 0.3) is 5.56 Å². The summed E-state index contributed by atoms with van der Waals surface area (Å²) in [6.07, 6.45) is 2.96. The van der Waals surface area contributed by atoms with Gasteiger partial charge in [0, 0.05) is 17.4 Å². The number of aromatic amines is 2. The van der Waals surface area contributed by atoms with Crippen molar-refractivity contribution >= 4 is 33.8 Å². The zero-order valence-electron chi connectivity index (χ0n) is 22.7. The number of amides is 1. The van der Waals surface area contributed by atoms with Crippen LogP contribution in [0.1, 0.15) is 30.5 Å². The molecule has 1 aliphatic heterocycles. The molecule has 1 aliphatic rings. The predicted octanol–water partition coefficient (Wildman–Crippen LogP) is 5.48. The highest BCUT2D eigenvalue weighted by Crippen LogP contribution is 2.29. The highest BCUT2D eigenvalue weighted by Gasteiger charge is 2.18. The first-order valence-electron chi connectivity index (χ1n) is 13.8. The highest BCUT2D eigenvalue weighted by molar-refractivity contribution is 5.88. The first-order valence-corrected chi connectivity index (χ1v) is 13.8. The van der Waals surface area contributed by atoms with Gasteiger partial charge in [-0.05, 0) is 86.8 Å². The largest absolute Gasteiger partial charge is 0.449 e. The van der Waals surface area contributed by atoms with E-state index in [0.29, 0.717) is 52.2 Å². The van der Waals surface area contributed by atoms with Crippen molar-refractivity contribution in [3.8, 4) is 11.1 Å². The third-order valence-corrected chi connectivity index (χ3v) is 7.79. The van der Waals surface area contributed by atoms with Crippen LogP contribution in [-0.2, 0) is 11.2 Å². The van der Waals surface area contributed by atoms with Crippen molar-refractivity contribution in [1.82, 2.24) is 25.1 Å². The number of anilines is 1. The number of fused-ring (bicyclic) bond motifs is 2. The molecule has 0 aliphatic carbocycles. The molecule has 5 aromatic rings. The molecule has 210 valence electrons. The third-order valence-electron chi connectivity index (χ3n) is 7.79. The van der Waals surface area contributed by atoms with Crippen molar-refractivity contribution < 1.29 is 13.9 Å². The molecule has 41 heavy (non-hydrogen) atoms. The predicted molar refractivity (Wildman–Crippen MR) is 156 cm³/mol. The van der Waals surface area contributed by atoms with Gasteiger partial charge in [-0.3, -0.25) is 10.1 Å². The number of ether oxygens (including phenoxy) is 1. The van der Waals surface area contributed by atoms with E-state index in [1.165, 1.54) is 6.07 Å². The van der Waals surface area contributed by atoms with E-state index in [1.54, 1.807) is 36.4 Å². The molecule has 0 radical (unpaired) electrons. The number of piperidine rings is 1. The second-order valence-electron chi connectivity index (χ2n) is 10.6. The summed E-state index contributed by atoms with van der Waals surface area (Å²) in [7, 11) is 2.13. The van der Waals surface area contributed by atoms with E-state index in [4.69, 9.17) is 4.74 Å². The van der Waals surface area contributed by atoms with Gasteiger partial charge in [-0.2, -0.15) is 5.10 Å². The number of H-pyrrole nitrogens is 2. The Bertz CT molecular complexity index is 1770. The molecule has 10 heteroatoms. The summed E-state index contributed by atoms with van der Waals surface area (Å²) in [6, 6.07) is 17.6. The van der Waals surface area contributed by atoms with Gasteiger partial charge in [-0.1, -0.05) is 30.3 Å². The molecule has 3 heterocycles. The maximum atomic E-state index is 15.0. The topological polar surface area (TPSA) is 116 Å². The van der Waals surface area contributed by atoms with E-state index in [9.17, 15) is 14.0 Å². The second-order valence-corrected chi connectivity index (χ2v) is 10.6. The molecule has 6 rings (SSSR count). The minimum atomic E-state index is -0.556. The fourth-order valence-corrected chi connectivity index (χ4v) is 5.44. The summed E-state index contributed by atoms with van der Waals surface area (Å²) in [4.78, 5) is 34.3. The first-order chi connectivity index (χ1) is 19.9. The van der Waals surface area contributed by atoms with Crippen LogP contribution in [-0.4, -0.2) is 57.9 Å². The minimum Gasteiger partial charge on any atom is -0.449 e. The van der Waals surface area contributed by atoms with E-state index < -0.39 is 6.09 Å². The highest BCUT2D eigenvalue weighted by atomic mass is 19.1. The number of halogens is 1. The summed E-state index contributed by atoms with van der Waals surface area (Å²) in [5.74, 6) is 0.482. The molecule has 3 N–H and O–H groups in total. The fourth-order valence-electron chi connectivity index (χ4n) is 5.44. The molecule has 1 saturated heterocycles. The zero-order chi connectivity index (χ0) is 28.3. The Morgan fingerprint density at radius 2 is 1.90 bits per heavy atom. The normalized spacial score (nSPS) is 14.5.